The molecule has 1 aliphatic carbocycles. The second kappa shape index (κ2) is 8.31. The molecule has 0 heterocycles. The van der Waals surface area contributed by atoms with E-state index in [0.29, 0.717) is 6.42 Å². The third-order valence-corrected chi connectivity index (χ3v) is 4.33. The van der Waals surface area contributed by atoms with Gasteiger partial charge in [-0.1, -0.05) is 19.8 Å². The lowest BCUT2D eigenvalue weighted by molar-refractivity contribution is -0.122. The van der Waals surface area contributed by atoms with Crippen LogP contribution in [0.25, 0.3) is 0 Å². The lowest BCUT2D eigenvalue weighted by atomic mass is 9.74. The van der Waals surface area contributed by atoms with Gasteiger partial charge in [-0.2, -0.15) is 0 Å². The van der Waals surface area contributed by atoms with Crippen molar-refractivity contribution in [3.05, 3.63) is 24.3 Å². The first kappa shape index (κ1) is 19.5. The van der Waals surface area contributed by atoms with Crippen LogP contribution >= 0.6 is 12.4 Å². The second-order valence-corrected chi connectivity index (χ2v) is 6.27. The van der Waals surface area contributed by atoms with E-state index in [4.69, 9.17) is 5.73 Å². The van der Waals surface area contributed by atoms with E-state index in [-0.39, 0.29) is 30.1 Å². The minimum absolute atomic E-state index is 0. The highest BCUT2D eigenvalue weighted by molar-refractivity contribution is 5.94. The van der Waals surface area contributed by atoms with Crippen LogP contribution in [0.4, 0.5) is 11.4 Å². The number of nitrogens with one attached hydrogen (secondary N) is 2. The summed E-state index contributed by atoms with van der Waals surface area (Å²) in [6.45, 7) is 3.76. The Kier molecular flexibility index (Phi) is 7.03. The van der Waals surface area contributed by atoms with Gasteiger partial charge in [0.25, 0.3) is 0 Å². The molecular formula is C17H26ClN3O2. The van der Waals surface area contributed by atoms with Crippen molar-refractivity contribution in [2.75, 3.05) is 10.6 Å². The number of benzene rings is 1. The third kappa shape index (κ3) is 5.22. The maximum Gasteiger partial charge on any atom is 0.229 e. The van der Waals surface area contributed by atoms with Gasteiger partial charge in [-0.05, 0) is 44.0 Å². The minimum atomic E-state index is -0.433. The van der Waals surface area contributed by atoms with Gasteiger partial charge < -0.3 is 16.4 Å². The molecule has 5 nitrogen and oxygen atoms in total. The number of hydrogen-bond acceptors (Lipinski definition) is 3. The molecule has 1 aromatic rings. The second-order valence-electron chi connectivity index (χ2n) is 6.27. The molecule has 1 saturated carbocycles. The zero-order valence-electron chi connectivity index (χ0n) is 13.7. The van der Waals surface area contributed by atoms with Gasteiger partial charge in [-0.3, -0.25) is 9.59 Å². The molecule has 2 rings (SSSR count). The Balaban J connectivity index is 0.00000264. The smallest absolute Gasteiger partial charge is 0.229 e. The van der Waals surface area contributed by atoms with Crippen molar-refractivity contribution in [1.29, 1.82) is 0 Å². The molecule has 0 aromatic heterocycles. The first-order valence-electron chi connectivity index (χ1n) is 7.92. The first-order chi connectivity index (χ1) is 10.4. The van der Waals surface area contributed by atoms with Crippen LogP contribution in [0.1, 0.15) is 46.0 Å². The van der Waals surface area contributed by atoms with Crippen LogP contribution in [0.2, 0.25) is 0 Å². The molecule has 2 amide bonds. The number of halogens is 1. The number of anilines is 2. The van der Waals surface area contributed by atoms with Gasteiger partial charge in [0.15, 0.2) is 0 Å². The largest absolute Gasteiger partial charge is 0.326 e. The predicted molar refractivity (Wildman–Crippen MR) is 95.8 cm³/mol. The van der Waals surface area contributed by atoms with Crippen molar-refractivity contribution >= 4 is 35.6 Å². The van der Waals surface area contributed by atoms with Gasteiger partial charge in [-0.25, -0.2) is 0 Å². The Bertz CT molecular complexity index is 543. The maximum atomic E-state index is 12.4. The Morgan fingerprint density at radius 3 is 2.26 bits per heavy atom. The number of amides is 2. The van der Waals surface area contributed by atoms with E-state index in [9.17, 15) is 9.59 Å². The number of hydrogen-bond donors (Lipinski definition) is 3. The van der Waals surface area contributed by atoms with E-state index in [1.165, 1.54) is 0 Å². The standard InChI is InChI=1S/C17H25N3O2.ClH/c1-3-15(21)19-12-7-9-13(10-8-12)20-16(22)14-6-4-5-11-17(14,2)18;/h7-10,14H,3-6,11,18H2,1-2H3,(H,19,21)(H,20,22);1H. The Labute approximate surface area is 143 Å². The van der Waals surface area contributed by atoms with Crippen molar-refractivity contribution in [3.63, 3.8) is 0 Å². The van der Waals surface area contributed by atoms with Crippen LogP contribution in [-0.4, -0.2) is 17.4 Å². The summed E-state index contributed by atoms with van der Waals surface area (Å²) in [4.78, 5) is 23.8. The lowest BCUT2D eigenvalue weighted by Gasteiger charge is -2.37. The molecule has 0 saturated heterocycles. The molecule has 0 spiro atoms. The average Bonchev–Trinajstić information content (AvgIpc) is 2.48. The van der Waals surface area contributed by atoms with Crippen molar-refractivity contribution in [1.82, 2.24) is 0 Å². The fourth-order valence-corrected chi connectivity index (χ4v) is 2.90. The number of carbonyl (C=O) groups excluding carboxylic acids is 2. The molecule has 0 bridgehead atoms. The molecule has 1 aliphatic rings. The molecule has 1 aromatic carbocycles. The maximum absolute atomic E-state index is 12.4. The summed E-state index contributed by atoms with van der Waals surface area (Å²) in [6, 6.07) is 7.15. The lowest BCUT2D eigenvalue weighted by Crippen LogP contribution is -2.51. The van der Waals surface area contributed by atoms with Crippen LogP contribution in [0.5, 0.6) is 0 Å². The first-order valence-corrected chi connectivity index (χ1v) is 7.92. The van der Waals surface area contributed by atoms with Crippen LogP contribution in [0.15, 0.2) is 24.3 Å². The van der Waals surface area contributed by atoms with Crippen LogP contribution < -0.4 is 16.4 Å². The summed E-state index contributed by atoms with van der Waals surface area (Å²) >= 11 is 0. The molecule has 2 unspecified atom stereocenters. The average molecular weight is 340 g/mol. The van der Waals surface area contributed by atoms with Gasteiger partial charge in [0.2, 0.25) is 11.8 Å². The van der Waals surface area contributed by atoms with Crippen molar-refractivity contribution in [2.45, 2.75) is 51.5 Å². The summed E-state index contributed by atoms with van der Waals surface area (Å²) in [5.41, 5.74) is 7.28. The van der Waals surface area contributed by atoms with Gasteiger partial charge >= 0.3 is 0 Å². The third-order valence-electron chi connectivity index (χ3n) is 4.33. The number of nitrogens with two attached hydrogens (primary N) is 1. The Morgan fingerprint density at radius 1 is 1.17 bits per heavy atom. The molecule has 2 atom stereocenters. The Hall–Kier alpha value is -1.59. The SMILES string of the molecule is CCC(=O)Nc1ccc(NC(=O)C2CCCCC2(C)N)cc1.Cl. The molecule has 4 N–H and O–H groups in total. The number of carbonyl (C=O) groups is 2. The topological polar surface area (TPSA) is 84.2 Å². The van der Waals surface area contributed by atoms with Crippen molar-refractivity contribution in [3.8, 4) is 0 Å². The van der Waals surface area contributed by atoms with E-state index in [0.717, 1.165) is 37.1 Å². The quantitative estimate of drug-likeness (QED) is 0.786. The summed E-state index contributed by atoms with van der Waals surface area (Å²) in [6.07, 6.45) is 4.29. The minimum Gasteiger partial charge on any atom is -0.326 e. The van der Waals surface area contributed by atoms with E-state index < -0.39 is 5.54 Å². The highest BCUT2D eigenvalue weighted by Gasteiger charge is 2.37. The van der Waals surface area contributed by atoms with Gasteiger partial charge in [0.05, 0.1) is 5.92 Å². The van der Waals surface area contributed by atoms with Crippen molar-refractivity contribution in [2.24, 2.45) is 11.7 Å². The normalized spacial score (nSPS) is 23.5. The van der Waals surface area contributed by atoms with Gasteiger partial charge in [0.1, 0.15) is 0 Å². The van der Waals surface area contributed by atoms with Gasteiger partial charge in [-0.15, -0.1) is 12.4 Å². The summed E-state index contributed by atoms with van der Waals surface area (Å²) in [5.74, 6) is -0.200. The fraction of sp³-hybridized carbons (Fsp3) is 0.529. The monoisotopic (exact) mass is 339 g/mol. The van der Waals surface area contributed by atoms with E-state index in [1.807, 2.05) is 6.92 Å². The molecule has 128 valence electrons. The van der Waals surface area contributed by atoms with Crippen LogP contribution in [-0.2, 0) is 9.59 Å². The zero-order valence-corrected chi connectivity index (χ0v) is 14.5. The summed E-state index contributed by atoms with van der Waals surface area (Å²) < 4.78 is 0. The van der Waals surface area contributed by atoms with Crippen LogP contribution in [0.3, 0.4) is 0 Å². The molecule has 6 heteroatoms. The van der Waals surface area contributed by atoms with E-state index in [2.05, 4.69) is 10.6 Å². The summed E-state index contributed by atoms with van der Waals surface area (Å²) in [7, 11) is 0. The highest BCUT2D eigenvalue weighted by Crippen LogP contribution is 2.32. The van der Waals surface area contributed by atoms with Crippen LogP contribution in [0, 0.1) is 5.92 Å². The number of rotatable bonds is 4. The van der Waals surface area contributed by atoms with Crippen molar-refractivity contribution < 1.29 is 9.59 Å². The summed E-state index contributed by atoms with van der Waals surface area (Å²) in [5, 5.41) is 5.71. The van der Waals surface area contributed by atoms with E-state index in [1.54, 1.807) is 31.2 Å². The molecule has 0 radical (unpaired) electrons. The van der Waals surface area contributed by atoms with Gasteiger partial charge in [0, 0.05) is 23.3 Å². The molecule has 23 heavy (non-hydrogen) atoms. The predicted octanol–water partition coefficient (Wildman–Crippen LogP) is 3.30. The fourth-order valence-electron chi connectivity index (χ4n) is 2.90. The zero-order chi connectivity index (χ0) is 16.2. The Morgan fingerprint density at radius 2 is 1.74 bits per heavy atom. The highest BCUT2D eigenvalue weighted by atomic mass is 35.5. The molecule has 1 fully saturated rings. The van der Waals surface area contributed by atoms with E-state index >= 15 is 0 Å². The molecular weight excluding hydrogens is 314 g/mol. The molecule has 0 aliphatic heterocycles.